The third kappa shape index (κ3) is 5.06. The predicted octanol–water partition coefficient (Wildman–Crippen LogP) is 4.80. The van der Waals surface area contributed by atoms with Gasteiger partial charge in [0.25, 0.3) is 0 Å². The van der Waals surface area contributed by atoms with E-state index in [1.807, 2.05) is 32.0 Å². The maximum atomic E-state index is 12.4. The first kappa shape index (κ1) is 22.2. The van der Waals surface area contributed by atoms with Crippen LogP contribution in [0, 0.1) is 0 Å². The first-order valence-corrected chi connectivity index (χ1v) is 10.5. The van der Waals surface area contributed by atoms with E-state index in [4.69, 9.17) is 27.9 Å². The molecule has 27 heavy (non-hydrogen) atoms. The fourth-order valence-electron chi connectivity index (χ4n) is 2.92. The van der Waals surface area contributed by atoms with Gasteiger partial charge in [0.2, 0.25) is 0 Å². The van der Waals surface area contributed by atoms with Gasteiger partial charge in [-0.25, -0.2) is 9.71 Å². The van der Waals surface area contributed by atoms with Crippen molar-refractivity contribution in [1.82, 2.24) is 14.6 Å². The summed E-state index contributed by atoms with van der Waals surface area (Å²) in [6.07, 6.45) is 2.94. The average Bonchev–Trinajstić information content (AvgIpc) is 2.71. The van der Waals surface area contributed by atoms with Gasteiger partial charge in [-0.05, 0) is 44.0 Å². The third-order valence-electron chi connectivity index (χ3n) is 4.54. The number of nitrogens with one attached hydrogen (secondary N) is 1. The number of likely N-dealkylation sites (tertiary alicyclic amines) is 1. The zero-order chi connectivity index (χ0) is 20.0. The van der Waals surface area contributed by atoms with Crippen LogP contribution in [0.5, 0.6) is 0 Å². The van der Waals surface area contributed by atoms with Gasteiger partial charge in [0.05, 0.1) is 12.1 Å². The monoisotopic (exact) mass is 429 g/mol. The van der Waals surface area contributed by atoms with Gasteiger partial charge < -0.3 is 9.64 Å². The highest BCUT2D eigenvalue weighted by molar-refractivity contribution is 7.97. The molecule has 0 atom stereocenters. The minimum absolute atomic E-state index is 0.225. The molecule has 8 heteroatoms. The normalized spacial score (nSPS) is 16.5. The second kappa shape index (κ2) is 9.94. The molecule has 5 nitrogen and oxygen atoms in total. The number of fused-ring (bicyclic) bond motifs is 1. The van der Waals surface area contributed by atoms with Crippen LogP contribution in [0.2, 0.25) is 10.2 Å². The Morgan fingerprint density at radius 3 is 2.56 bits per heavy atom. The molecule has 0 radical (unpaired) electrons. The number of esters is 1. The Morgan fingerprint density at radius 1 is 1.26 bits per heavy atom. The number of hydrogen-bond acceptors (Lipinski definition) is 6. The van der Waals surface area contributed by atoms with Crippen molar-refractivity contribution in [2.75, 3.05) is 27.2 Å². The minimum Gasteiger partial charge on any atom is -0.468 e. The third-order valence-corrected chi connectivity index (χ3v) is 6.13. The van der Waals surface area contributed by atoms with Gasteiger partial charge in [-0.2, -0.15) is 0 Å². The number of aromatic nitrogens is 1. The summed E-state index contributed by atoms with van der Waals surface area (Å²) in [7, 11) is 3.48. The molecule has 1 aliphatic heterocycles. The number of benzene rings is 1. The molecule has 0 aliphatic carbocycles. The molecule has 148 valence electrons. The van der Waals surface area contributed by atoms with E-state index in [-0.39, 0.29) is 5.97 Å². The highest BCUT2D eigenvalue weighted by Gasteiger charge is 2.42. The van der Waals surface area contributed by atoms with Gasteiger partial charge in [0.1, 0.15) is 10.7 Å². The molecule has 3 rings (SSSR count). The van der Waals surface area contributed by atoms with Crippen LogP contribution in [-0.4, -0.2) is 48.6 Å². The lowest BCUT2D eigenvalue weighted by molar-refractivity contribution is -0.149. The summed E-state index contributed by atoms with van der Waals surface area (Å²) in [5, 5.41) is 2.61. The summed E-state index contributed by atoms with van der Waals surface area (Å²) in [5.74, 6) is -0.225. The molecule has 1 saturated heterocycles. The molecule has 0 unspecified atom stereocenters. The fourth-order valence-corrected chi connectivity index (χ4v) is 4.25. The summed E-state index contributed by atoms with van der Waals surface area (Å²) in [5.41, 5.74) is -0.683. The Morgan fingerprint density at radius 2 is 1.93 bits per heavy atom. The summed E-state index contributed by atoms with van der Waals surface area (Å²) in [6, 6.07) is 5.78. The van der Waals surface area contributed by atoms with E-state index >= 15 is 0 Å². The van der Waals surface area contributed by atoms with Gasteiger partial charge >= 0.3 is 5.97 Å². The second-order valence-electron chi connectivity index (χ2n) is 6.19. The molecular weight excluding hydrogens is 405 g/mol. The molecule has 1 aromatic carbocycles. The highest BCUT2D eigenvalue weighted by atomic mass is 35.5. The van der Waals surface area contributed by atoms with Crippen LogP contribution in [0.4, 0.5) is 0 Å². The van der Waals surface area contributed by atoms with Crippen molar-refractivity contribution in [2.45, 2.75) is 37.1 Å². The van der Waals surface area contributed by atoms with E-state index in [2.05, 4.69) is 21.7 Å². The zero-order valence-corrected chi connectivity index (χ0v) is 18.3. The van der Waals surface area contributed by atoms with E-state index in [1.165, 1.54) is 19.1 Å². The largest absolute Gasteiger partial charge is 0.468 e. The first-order chi connectivity index (χ1) is 12.9. The van der Waals surface area contributed by atoms with Crippen molar-refractivity contribution in [3.63, 3.8) is 0 Å². The molecule has 0 spiro atoms. The SMILES string of the molecule is CC.COC(=O)C1(NSc2ccc3c(Cl)cnc(Cl)c3c2)CCN(C)CC1. The van der Waals surface area contributed by atoms with Crippen LogP contribution in [0.1, 0.15) is 26.7 Å². The van der Waals surface area contributed by atoms with Crippen LogP contribution in [0.15, 0.2) is 29.3 Å². The first-order valence-electron chi connectivity index (χ1n) is 8.90. The molecule has 1 aromatic heterocycles. The number of rotatable bonds is 4. The van der Waals surface area contributed by atoms with Crippen LogP contribution < -0.4 is 4.72 Å². The number of halogens is 2. The lowest BCUT2D eigenvalue weighted by Gasteiger charge is -2.38. The molecule has 1 aliphatic rings. The minimum atomic E-state index is -0.683. The summed E-state index contributed by atoms with van der Waals surface area (Å²) < 4.78 is 8.38. The summed E-state index contributed by atoms with van der Waals surface area (Å²) >= 11 is 13.8. The fraction of sp³-hybridized carbons (Fsp3) is 0.474. The average molecular weight is 430 g/mol. The van der Waals surface area contributed by atoms with E-state index in [9.17, 15) is 4.79 Å². The summed E-state index contributed by atoms with van der Waals surface area (Å²) in [6.45, 7) is 5.68. The Balaban J connectivity index is 0.00000126. The quantitative estimate of drug-likeness (QED) is 0.427. The van der Waals surface area contributed by atoms with Gasteiger partial charge in [0, 0.05) is 35.0 Å². The van der Waals surface area contributed by atoms with Gasteiger partial charge in [-0.15, -0.1) is 0 Å². The van der Waals surface area contributed by atoms with Crippen molar-refractivity contribution in [1.29, 1.82) is 0 Å². The lowest BCUT2D eigenvalue weighted by Crippen LogP contribution is -2.56. The Labute approximate surface area is 174 Å². The molecule has 0 amide bonds. The predicted molar refractivity (Wildman–Crippen MR) is 114 cm³/mol. The Hall–Kier alpha value is -1.05. The number of nitrogens with zero attached hydrogens (tertiary/aromatic N) is 2. The van der Waals surface area contributed by atoms with Gasteiger partial charge in [0.15, 0.2) is 0 Å². The molecule has 2 heterocycles. The van der Waals surface area contributed by atoms with Crippen molar-refractivity contribution in [3.05, 3.63) is 34.6 Å². The highest BCUT2D eigenvalue weighted by Crippen LogP contribution is 2.33. The standard InChI is InChI=1S/C17H19Cl2N3O2S.C2H6/c1-22-7-5-17(6-8-22,16(23)24-2)21-25-11-3-4-12-13(9-11)15(19)20-10-14(12)18;1-2/h3-4,9-10,21H,5-8H2,1-2H3;1-2H3. The second-order valence-corrected chi connectivity index (χ2v) is 7.83. The molecule has 0 bridgehead atoms. The molecule has 2 aromatic rings. The number of pyridine rings is 1. The number of carbonyl (C=O) groups is 1. The maximum Gasteiger partial charge on any atom is 0.326 e. The van der Waals surface area contributed by atoms with Crippen LogP contribution in [-0.2, 0) is 9.53 Å². The molecule has 1 fully saturated rings. The number of carbonyl (C=O) groups excluding carboxylic acids is 1. The van der Waals surface area contributed by atoms with Crippen molar-refractivity contribution >= 4 is 51.9 Å². The lowest BCUT2D eigenvalue weighted by atomic mass is 9.89. The van der Waals surface area contributed by atoms with Crippen molar-refractivity contribution in [3.8, 4) is 0 Å². The summed E-state index contributed by atoms with van der Waals surface area (Å²) in [4.78, 5) is 19.6. The number of hydrogen-bond donors (Lipinski definition) is 1. The van der Waals surface area contributed by atoms with Crippen LogP contribution in [0.25, 0.3) is 10.8 Å². The van der Waals surface area contributed by atoms with Crippen molar-refractivity contribution < 1.29 is 9.53 Å². The van der Waals surface area contributed by atoms with Crippen LogP contribution in [0.3, 0.4) is 0 Å². The van der Waals surface area contributed by atoms with E-state index in [0.717, 1.165) is 28.8 Å². The van der Waals surface area contributed by atoms with Gasteiger partial charge in [-0.1, -0.05) is 43.1 Å². The maximum absolute atomic E-state index is 12.4. The zero-order valence-electron chi connectivity index (χ0n) is 16.0. The Kier molecular flexibility index (Phi) is 8.19. The number of piperidine rings is 1. The molecule has 1 N–H and O–H groups in total. The van der Waals surface area contributed by atoms with Gasteiger partial charge in [-0.3, -0.25) is 4.79 Å². The smallest absolute Gasteiger partial charge is 0.326 e. The Bertz CT molecular complexity index is 796. The van der Waals surface area contributed by atoms with E-state index in [1.54, 1.807) is 6.20 Å². The number of methoxy groups -OCH3 is 1. The van der Waals surface area contributed by atoms with E-state index in [0.29, 0.717) is 23.0 Å². The van der Waals surface area contributed by atoms with E-state index < -0.39 is 5.54 Å². The molecule has 0 saturated carbocycles. The number of ether oxygens (including phenoxy) is 1. The van der Waals surface area contributed by atoms with Crippen LogP contribution >= 0.6 is 35.1 Å². The topological polar surface area (TPSA) is 54.5 Å². The molecular formula is C19H25Cl2N3O2S. The van der Waals surface area contributed by atoms with Crippen molar-refractivity contribution in [2.24, 2.45) is 0 Å².